The lowest BCUT2D eigenvalue weighted by molar-refractivity contribution is -0.142. The molecular weight excluding hydrogens is 384 g/mol. The highest BCUT2D eigenvalue weighted by atomic mass is 16.2. The molecule has 9 nitrogen and oxygen atoms in total. The summed E-state index contributed by atoms with van der Waals surface area (Å²) in [4.78, 5) is 46.1. The Bertz CT molecular complexity index is 980. The Morgan fingerprint density at radius 1 is 1.17 bits per heavy atom. The van der Waals surface area contributed by atoms with Gasteiger partial charge in [-0.3, -0.25) is 14.9 Å². The minimum atomic E-state index is -0.880. The van der Waals surface area contributed by atoms with E-state index < -0.39 is 5.54 Å². The van der Waals surface area contributed by atoms with E-state index in [2.05, 4.69) is 15.4 Å². The van der Waals surface area contributed by atoms with Crippen LogP contribution in [0.3, 0.4) is 0 Å². The third-order valence-electron chi connectivity index (χ3n) is 6.65. The molecule has 2 saturated heterocycles. The summed E-state index contributed by atoms with van der Waals surface area (Å²) in [5.74, 6) is 0.660. The first-order valence-electron chi connectivity index (χ1n) is 10.4. The number of piperidine rings is 1. The van der Waals surface area contributed by atoms with Crippen molar-refractivity contribution in [3.05, 3.63) is 48.0 Å². The molecule has 1 aromatic heterocycles. The fraction of sp³-hybridized carbons (Fsp3) is 0.476. The lowest BCUT2D eigenvalue weighted by atomic mass is 9.85. The molecule has 1 N–H and O–H groups in total. The first-order valence-corrected chi connectivity index (χ1v) is 10.4. The maximum absolute atomic E-state index is 13.1. The molecule has 0 saturated carbocycles. The van der Waals surface area contributed by atoms with Crippen LogP contribution in [0, 0.1) is 5.92 Å². The molecule has 156 valence electrons. The van der Waals surface area contributed by atoms with Crippen LogP contribution in [-0.4, -0.2) is 61.0 Å². The van der Waals surface area contributed by atoms with E-state index in [1.165, 1.54) is 6.33 Å². The Balaban J connectivity index is 1.28. The van der Waals surface area contributed by atoms with E-state index in [4.69, 9.17) is 0 Å². The van der Waals surface area contributed by atoms with Gasteiger partial charge in [0.05, 0.1) is 12.5 Å². The number of aryl methyl sites for hydroxylation is 1. The fourth-order valence-electron chi connectivity index (χ4n) is 4.88. The van der Waals surface area contributed by atoms with Gasteiger partial charge in [0.2, 0.25) is 5.91 Å². The second kappa shape index (κ2) is 7.23. The van der Waals surface area contributed by atoms with Crippen LogP contribution in [0.15, 0.2) is 36.7 Å². The van der Waals surface area contributed by atoms with Crippen LogP contribution < -0.4 is 5.32 Å². The number of carbonyl (C=O) groups is 3. The number of nitrogens with one attached hydrogen (secondary N) is 1. The van der Waals surface area contributed by atoms with E-state index >= 15 is 0 Å². The predicted molar refractivity (Wildman–Crippen MR) is 106 cm³/mol. The summed E-state index contributed by atoms with van der Waals surface area (Å²) in [5, 5.41) is 6.69. The SMILES string of the molecule is O=C(C1CCc2ncnn2C1)N1CCC2(CC1)C(=O)NC(=O)N2Cc1ccccc1. The second-order valence-electron chi connectivity index (χ2n) is 8.28. The first kappa shape index (κ1) is 18.8. The third-order valence-corrected chi connectivity index (χ3v) is 6.65. The highest BCUT2D eigenvalue weighted by Gasteiger charge is 2.54. The highest BCUT2D eigenvalue weighted by molar-refractivity contribution is 6.07. The normalized spacial score (nSPS) is 22.9. The molecule has 2 aromatic rings. The van der Waals surface area contributed by atoms with Crippen LogP contribution in [-0.2, 0) is 29.1 Å². The Morgan fingerprint density at radius 3 is 2.70 bits per heavy atom. The zero-order valence-electron chi connectivity index (χ0n) is 16.7. The zero-order valence-corrected chi connectivity index (χ0v) is 16.7. The Kier molecular flexibility index (Phi) is 4.52. The molecule has 4 heterocycles. The number of carbonyl (C=O) groups excluding carboxylic acids is 3. The second-order valence-corrected chi connectivity index (χ2v) is 8.28. The van der Waals surface area contributed by atoms with Gasteiger partial charge in [0, 0.05) is 26.1 Å². The van der Waals surface area contributed by atoms with Crippen molar-refractivity contribution in [1.29, 1.82) is 0 Å². The Labute approximate surface area is 174 Å². The molecule has 5 rings (SSSR count). The van der Waals surface area contributed by atoms with Crippen LogP contribution in [0.5, 0.6) is 0 Å². The molecule has 1 unspecified atom stereocenters. The molecule has 2 fully saturated rings. The lowest BCUT2D eigenvalue weighted by Gasteiger charge is -2.43. The average molecular weight is 408 g/mol. The number of fused-ring (bicyclic) bond motifs is 1. The summed E-state index contributed by atoms with van der Waals surface area (Å²) in [5.41, 5.74) is 0.0982. The molecule has 4 amide bonds. The van der Waals surface area contributed by atoms with Crippen LogP contribution in [0.4, 0.5) is 4.79 Å². The maximum atomic E-state index is 13.1. The number of aromatic nitrogens is 3. The largest absolute Gasteiger partial charge is 0.342 e. The van der Waals surface area contributed by atoms with Gasteiger partial charge >= 0.3 is 6.03 Å². The van der Waals surface area contributed by atoms with Crippen LogP contribution >= 0.6 is 0 Å². The van der Waals surface area contributed by atoms with Gasteiger partial charge in [-0.1, -0.05) is 30.3 Å². The van der Waals surface area contributed by atoms with Gasteiger partial charge in [-0.2, -0.15) is 5.10 Å². The number of imide groups is 1. The molecule has 0 bridgehead atoms. The molecular formula is C21H24N6O3. The molecule has 9 heteroatoms. The van der Waals surface area contributed by atoms with Gasteiger partial charge in [-0.15, -0.1) is 0 Å². The first-order chi connectivity index (χ1) is 14.6. The van der Waals surface area contributed by atoms with Crippen molar-refractivity contribution in [2.75, 3.05) is 13.1 Å². The van der Waals surface area contributed by atoms with Gasteiger partial charge < -0.3 is 9.80 Å². The summed E-state index contributed by atoms with van der Waals surface area (Å²) in [6.45, 7) is 1.86. The lowest BCUT2D eigenvalue weighted by Crippen LogP contribution is -2.57. The number of hydrogen-bond donors (Lipinski definition) is 1. The van der Waals surface area contributed by atoms with Crippen LogP contribution in [0.25, 0.3) is 0 Å². The van der Waals surface area contributed by atoms with Gasteiger partial charge in [0.1, 0.15) is 17.7 Å². The molecule has 0 radical (unpaired) electrons. The van der Waals surface area contributed by atoms with Crippen LogP contribution in [0.1, 0.15) is 30.7 Å². The van der Waals surface area contributed by atoms with E-state index in [0.29, 0.717) is 39.0 Å². The third kappa shape index (κ3) is 3.05. The number of nitrogens with zero attached hydrogens (tertiary/aromatic N) is 5. The monoisotopic (exact) mass is 408 g/mol. The standard InChI is InChI=1S/C21H24N6O3/c28-18(16-6-7-17-22-14-23-27(17)13-16)25-10-8-21(9-11-25)19(29)24-20(30)26(21)12-15-4-2-1-3-5-15/h1-5,14,16H,6-13H2,(H,24,29,30). The summed E-state index contributed by atoms with van der Waals surface area (Å²) in [6, 6.07) is 9.31. The molecule has 1 aromatic carbocycles. The number of benzene rings is 1. The fourth-order valence-corrected chi connectivity index (χ4v) is 4.88. The summed E-state index contributed by atoms with van der Waals surface area (Å²) in [6.07, 6.45) is 3.94. The minimum absolute atomic E-state index is 0.102. The Morgan fingerprint density at radius 2 is 1.93 bits per heavy atom. The smallest absolute Gasteiger partial charge is 0.325 e. The van der Waals surface area contributed by atoms with E-state index in [-0.39, 0.29) is 23.8 Å². The van der Waals surface area contributed by atoms with E-state index in [1.807, 2.05) is 39.9 Å². The number of urea groups is 1. The molecule has 1 atom stereocenters. The van der Waals surface area contributed by atoms with Crippen molar-refractivity contribution < 1.29 is 14.4 Å². The van der Waals surface area contributed by atoms with Crippen molar-refractivity contribution in [2.24, 2.45) is 5.92 Å². The zero-order chi connectivity index (χ0) is 20.7. The van der Waals surface area contributed by atoms with Crippen molar-refractivity contribution in [3.63, 3.8) is 0 Å². The van der Waals surface area contributed by atoms with Gasteiger partial charge in [0.25, 0.3) is 5.91 Å². The quantitative estimate of drug-likeness (QED) is 0.763. The molecule has 3 aliphatic heterocycles. The summed E-state index contributed by atoms with van der Waals surface area (Å²) >= 11 is 0. The molecule has 1 spiro atoms. The van der Waals surface area contributed by atoms with Gasteiger partial charge in [-0.05, 0) is 24.8 Å². The van der Waals surface area contributed by atoms with E-state index in [1.54, 1.807) is 4.90 Å². The van der Waals surface area contributed by atoms with Crippen LogP contribution in [0.2, 0.25) is 0 Å². The summed E-state index contributed by atoms with van der Waals surface area (Å²) < 4.78 is 1.81. The number of likely N-dealkylation sites (tertiary alicyclic amines) is 1. The number of hydrogen-bond acceptors (Lipinski definition) is 5. The minimum Gasteiger partial charge on any atom is -0.342 e. The highest BCUT2D eigenvalue weighted by Crippen LogP contribution is 2.35. The summed E-state index contributed by atoms with van der Waals surface area (Å²) in [7, 11) is 0. The van der Waals surface area contributed by atoms with Crippen molar-refractivity contribution in [1.82, 2.24) is 29.9 Å². The topological polar surface area (TPSA) is 100 Å². The molecule has 30 heavy (non-hydrogen) atoms. The van der Waals surface area contributed by atoms with E-state index in [0.717, 1.165) is 24.2 Å². The average Bonchev–Trinajstić information content (AvgIpc) is 3.33. The molecule has 3 aliphatic rings. The van der Waals surface area contributed by atoms with Gasteiger partial charge in [-0.25, -0.2) is 14.5 Å². The number of rotatable bonds is 3. The number of amides is 4. The van der Waals surface area contributed by atoms with Gasteiger partial charge in [0.15, 0.2) is 0 Å². The van der Waals surface area contributed by atoms with Crippen molar-refractivity contribution in [3.8, 4) is 0 Å². The van der Waals surface area contributed by atoms with E-state index in [9.17, 15) is 14.4 Å². The maximum Gasteiger partial charge on any atom is 0.325 e. The predicted octanol–water partition coefficient (Wildman–Crippen LogP) is 0.954. The van der Waals surface area contributed by atoms with Crippen molar-refractivity contribution >= 4 is 17.8 Å². The van der Waals surface area contributed by atoms with Crippen molar-refractivity contribution in [2.45, 2.75) is 44.3 Å². The molecule has 0 aliphatic carbocycles. The Hall–Kier alpha value is -3.23.